The van der Waals surface area contributed by atoms with Gasteiger partial charge in [0.2, 0.25) is 5.91 Å². The first-order valence-electron chi connectivity index (χ1n) is 13.4. The lowest BCUT2D eigenvalue weighted by molar-refractivity contribution is -0.204. The number of hydrogen-bond donors (Lipinski definition) is 4. The van der Waals surface area contributed by atoms with Gasteiger partial charge in [-0.05, 0) is 19.9 Å². The van der Waals surface area contributed by atoms with Crippen LogP contribution in [0.3, 0.4) is 0 Å². The Kier molecular flexibility index (Phi) is 10.1. The number of nitrogens with one attached hydrogen (secondary N) is 4. The van der Waals surface area contributed by atoms with Crippen LogP contribution in [0.15, 0.2) is 34.5 Å². The van der Waals surface area contributed by atoms with Crippen LogP contribution in [-0.2, 0) is 23.4 Å². The summed E-state index contributed by atoms with van der Waals surface area (Å²) < 4.78 is 30.4. The maximum absolute atomic E-state index is 12.7. The first-order chi connectivity index (χ1) is 19.9. The van der Waals surface area contributed by atoms with Crippen molar-refractivity contribution in [1.29, 1.82) is 0 Å². The summed E-state index contributed by atoms with van der Waals surface area (Å²) in [4.78, 5) is 67.0. The topological polar surface area (TPSA) is 218 Å². The Morgan fingerprint density at radius 3 is 2.79 bits per heavy atom. The number of fused-ring (bicyclic) bond motifs is 1. The van der Waals surface area contributed by atoms with Crippen LogP contribution >= 0.6 is 7.60 Å². The molecule has 228 valence electrons. The molecular formula is C25H34N8O8P-. The van der Waals surface area contributed by atoms with Crippen molar-refractivity contribution in [2.45, 2.75) is 64.3 Å². The largest absolute Gasteiger partial charge is 0.778 e. The van der Waals surface area contributed by atoms with E-state index in [4.69, 9.17) is 14.0 Å². The van der Waals surface area contributed by atoms with E-state index >= 15 is 0 Å². The lowest BCUT2D eigenvalue weighted by Gasteiger charge is -2.29. The quantitative estimate of drug-likeness (QED) is 0.119. The number of aromatic amines is 2. The zero-order valence-electron chi connectivity index (χ0n) is 23.6. The summed E-state index contributed by atoms with van der Waals surface area (Å²) in [5, 5.41) is 5.77. The number of anilines is 1. The second-order valence-electron chi connectivity index (χ2n) is 10.1. The van der Waals surface area contributed by atoms with Crippen molar-refractivity contribution in [2.75, 3.05) is 25.0 Å². The van der Waals surface area contributed by atoms with Crippen LogP contribution in [0, 0.1) is 0 Å². The van der Waals surface area contributed by atoms with Gasteiger partial charge in [0.15, 0.2) is 11.5 Å². The summed E-state index contributed by atoms with van der Waals surface area (Å²) in [6, 6.07) is 0. The highest BCUT2D eigenvalue weighted by molar-refractivity contribution is 7.52. The minimum Gasteiger partial charge on any atom is -0.778 e. The Labute approximate surface area is 240 Å². The highest BCUT2D eigenvalue weighted by atomic mass is 31.2. The smallest absolute Gasteiger partial charge is 0.330 e. The fraction of sp³-hybridized carbons (Fsp3) is 0.520. The number of hydrogen-bond acceptors (Lipinski definition) is 12. The Balaban J connectivity index is 1.38. The molecule has 4 N–H and O–H groups in total. The van der Waals surface area contributed by atoms with Crippen molar-refractivity contribution in [3.8, 4) is 0 Å². The van der Waals surface area contributed by atoms with Crippen LogP contribution in [0.25, 0.3) is 17.2 Å². The third kappa shape index (κ3) is 7.77. The first-order valence-corrected chi connectivity index (χ1v) is 15.0. The van der Waals surface area contributed by atoms with Gasteiger partial charge < -0.3 is 39.1 Å². The molecule has 4 heterocycles. The molecule has 1 amide bonds. The van der Waals surface area contributed by atoms with E-state index < -0.39 is 48.8 Å². The molecule has 0 aromatic carbocycles. The third-order valence-electron chi connectivity index (χ3n) is 6.34. The SMILES string of the molecule is CC(C)O[C@@H]1C[C@H](n2cc(/C=C/C(=O)NCCNc3ncnc4nc[nH]c34)c(=O)[nH]c2=O)O[C@@H]1COP(=O)([O-])C(C)C. The highest BCUT2D eigenvalue weighted by Gasteiger charge is 2.39. The van der Waals surface area contributed by atoms with E-state index in [1.54, 1.807) is 0 Å². The number of ether oxygens (including phenoxy) is 2. The number of amides is 1. The van der Waals surface area contributed by atoms with E-state index in [0.29, 0.717) is 23.5 Å². The molecule has 1 saturated heterocycles. The molecule has 16 nitrogen and oxygen atoms in total. The molecule has 0 bridgehead atoms. The standard InChI is InChI=1S/C25H35N8O8P/c1-14(2)40-17-9-20(41-18(17)11-39-42(37,38)15(3)4)33-10-16(24(35)32-25(33)36)5-6-19(34)26-7-8-27-22-21-23(29-12-28-21)31-13-30-22/h5-6,10,12-15,17-18,20H,7-9,11H2,1-4H3,(H,26,34)(H,37,38)(H,32,35,36)(H2,27,28,29,30,31)/p-1/b6-5+/t17-,18-,20-/m1/s1. The Bertz CT molecular complexity index is 1580. The van der Waals surface area contributed by atoms with Crippen LogP contribution in [0.1, 0.15) is 45.9 Å². The average molecular weight is 606 g/mol. The Morgan fingerprint density at radius 1 is 1.26 bits per heavy atom. The van der Waals surface area contributed by atoms with Crippen molar-refractivity contribution < 1.29 is 28.3 Å². The van der Waals surface area contributed by atoms with Crippen molar-refractivity contribution in [1.82, 2.24) is 34.8 Å². The number of imidazole rings is 1. The monoisotopic (exact) mass is 605 g/mol. The Hall–Kier alpha value is -3.69. The number of nitrogens with zero attached hydrogens (tertiary/aromatic N) is 4. The van der Waals surface area contributed by atoms with Crippen molar-refractivity contribution >= 4 is 36.6 Å². The zero-order valence-corrected chi connectivity index (χ0v) is 24.5. The molecule has 1 aliphatic heterocycles. The molecule has 1 aliphatic rings. The van der Waals surface area contributed by atoms with Crippen LogP contribution < -0.4 is 26.8 Å². The van der Waals surface area contributed by atoms with Gasteiger partial charge in [0.1, 0.15) is 31.8 Å². The molecule has 0 radical (unpaired) electrons. The summed E-state index contributed by atoms with van der Waals surface area (Å²) >= 11 is 0. The minimum absolute atomic E-state index is 0.0407. The number of aromatic nitrogens is 6. The fourth-order valence-electron chi connectivity index (χ4n) is 4.16. The first kappa shape index (κ1) is 31.3. The number of H-pyrrole nitrogens is 2. The van der Waals surface area contributed by atoms with Gasteiger partial charge in [-0.25, -0.2) is 19.7 Å². The van der Waals surface area contributed by atoms with E-state index in [2.05, 4.69) is 35.6 Å². The molecule has 4 atom stereocenters. The minimum atomic E-state index is -4.11. The van der Waals surface area contributed by atoms with E-state index in [1.807, 2.05) is 13.8 Å². The molecule has 1 unspecified atom stereocenters. The predicted molar refractivity (Wildman–Crippen MR) is 151 cm³/mol. The van der Waals surface area contributed by atoms with Gasteiger partial charge in [-0.15, -0.1) is 0 Å². The number of carbonyl (C=O) groups excluding carboxylic acids is 1. The molecule has 3 aromatic rings. The van der Waals surface area contributed by atoms with Crippen LogP contribution in [0.2, 0.25) is 0 Å². The average Bonchev–Trinajstić information content (AvgIpc) is 3.56. The fourth-order valence-corrected chi connectivity index (χ4v) is 4.82. The van der Waals surface area contributed by atoms with Crippen molar-refractivity contribution in [2.24, 2.45) is 0 Å². The summed E-state index contributed by atoms with van der Waals surface area (Å²) in [7, 11) is -4.11. The lowest BCUT2D eigenvalue weighted by Crippen LogP contribution is -2.34. The lowest BCUT2D eigenvalue weighted by atomic mass is 10.2. The normalized spacial score (nSPS) is 20.5. The molecule has 0 aliphatic carbocycles. The highest BCUT2D eigenvalue weighted by Crippen LogP contribution is 2.43. The Morgan fingerprint density at radius 2 is 2.05 bits per heavy atom. The van der Waals surface area contributed by atoms with Crippen LogP contribution in [0.4, 0.5) is 5.82 Å². The molecule has 4 rings (SSSR count). The van der Waals surface area contributed by atoms with E-state index in [1.165, 1.54) is 49.4 Å². The number of carbonyl (C=O) groups is 1. The molecule has 42 heavy (non-hydrogen) atoms. The van der Waals surface area contributed by atoms with E-state index in [-0.39, 0.29) is 31.2 Å². The van der Waals surface area contributed by atoms with Crippen LogP contribution in [0.5, 0.6) is 0 Å². The second kappa shape index (κ2) is 13.5. The van der Waals surface area contributed by atoms with Gasteiger partial charge in [0.05, 0.1) is 30.7 Å². The molecular weight excluding hydrogens is 571 g/mol. The van der Waals surface area contributed by atoms with Gasteiger partial charge in [-0.2, -0.15) is 0 Å². The van der Waals surface area contributed by atoms with Gasteiger partial charge in [-0.1, -0.05) is 13.8 Å². The molecule has 1 fully saturated rings. The van der Waals surface area contributed by atoms with Crippen molar-refractivity contribution in [3.63, 3.8) is 0 Å². The summed E-state index contributed by atoms with van der Waals surface area (Å²) in [6.07, 6.45) is 4.42. The maximum atomic E-state index is 12.7. The second-order valence-corrected chi connectivity index (χ2v) is 12.5. The van der Waals surface area contributed by atoms with E-state index in [0.717, 1.165) is 0 Å². The van der Waals surface area contributed by atoms with Gasteiger partial charge in [0.25, 0.3) is 5.56 Å². The maximum Gasteiger partial charge on any atom is 0.330 e. The molecule has 0 saturated carbocycles. The zero-order chi connectivity index (χ0) is 30.4. The predicted octanol–water partition coefficient (Wildman–Crippen LogP) is 0.504. The van der Waals surface area contributed by atoms with Gasteiger partial charge in [-0.3, -0.25) is 19.1 Å². The third-order valence-corrected chi connectivity index (χ3v) is 8.11. The summed E-state index contributed by atoms with van der Waals surface area (Å²) in [5.41, 5.74) is -0.928. The van der Waals surface area contributed by atoms with Crippen LogP contribution in [-0.4, -0.2) is 79.1 Å². The van der Waals surface area contributed by atoms with Gasteiger partial charge in [0, 0.05) is 37.4 Å². The molecule has 17 heteroatoms. The van der Waals surface area contributed by atoms with Gasteiger partial charge >= 0.3 is 5.69 Å². The summed E-state index contributed by atoms with van der Waals surface area (Å²) in [5.74, 6) is 0.0808. The molecule has 3 aromatic heterocycles. The molecule has 0 spiro atoms. The van der Waals surface area contributed by atoms with E-state index in [9.17, 15) is 23.8 Å². The van der Waals surface area contributed by atoms with Crippen molar-refractivity contribution in [3.05, 3.63) is 51.3 Å². The number of rotatable bonds is 13. The summed E-state index contributed by atoms with van der Waals surface area (Å²) in [6.45, 7) is 7.00.